The summed E-state index contributed by atoms with van der Waals surface area (Å²) in [6.07, 6.45) is 1.69. The number of ether oxygens (including phenoxy) is 1. The molecule has 0 radical (unpaired) electrons. The maximum atomic E-state index is 5.68. The Labute approximate surface area is 78.1 Å². The summed E-state index contributed by atoms with van der Waals surface area (Å²) in [4.78, 5) is 2.43. The molecule has 2 heterocycles. The molecule has 0 amide bonds. The molecule has 0 saturated carbocycles. The first-order chi connectivity index (χ1) is 5.79. The number of rotatable bonds is 3. The molecule has 2 saturated heterocycles. The standard InChI is InChI=1S/C9H14ClNO/c1-7(3-10)4-11-5-9-2-8(11)6-12-9/h8-9H,1-6H2. The third-order valence-electron chi connectivity index (χ3n) is 2.63. The van der Waals surface area contributed by atoms with Crippen molar-refractivity contribution in [2.45, 2.75) is 18.6 Å². The van der Waals surface area contributed by atoms with E-state index in [4.69, 9.17) is 16.3 Å². The van der Waals surface area contributed by atoms with E-state index in [2.05, 4.69) is 11.5 Å². The highest BCUT2D eigenvalue weighted by atomic mass is 35.5. The normalized spacial score (nSPS) is 34.4. The maximum Gasteiger partial charge on any atom is 0.0718 e. The molecule has 2 aliphatic rings. The number of hydrogen-bond acceptors (Lipinski definition) is 2. The zero-order chi connectivity index (χ0) is 8.55. The van der Waals surface area contributed by atoms with E-state index in [-0.39, 0.29) is 0 Å². The molecule has 2 unspecified atom stereocenters. The largest absolute Gasteiger partial charge is 0.375 e. The zero-order valence-electron chi connectivity index (χ0n) is 7.13. The fourth-order valence-corrected chi connectivity index (χ4v) is 2.09. The Kier molecular flexibility index (Phi) is 2.40. The van der Waals surface area contributed by atoms with Gasteiger partial charge in [0, 0.05) is 25.0 Å². The number of halogens is 1. The highest BCUT2D eigenvalue weighted by Gasteiger charge is 2.38. The van der Waals surface area contributed by atoms with E-state index in [1.165, 1.54) is 6.42 Å². The molecule has 2 nitrogen and oxygen atoms in total. The molecule has 0 N–H and O–H groups in total. The molecular weight excluding hydrogens is 174 g/mol. The van der Waals surface area contributed by atoms with Crippen molar-refractivity contribution in [3.05, 3.63) is 12.2 Å². The predicted octanol–water partition coefficient (Wildman–Crippen LogP) is 1.25. The quantitative estimate of drug-likeness (QED) is 0.487. The van der Waals surface area contributed by atoms with Gasteiger partial charge >= 0.3 is 0 Å². The number of nitrogens with zero attached hydrogens (tertiary/aromatic N) is 1. The van der Waals surface area contributed by atoms with Crippen LogP contribution >= 0.6 is 11.6 Å². The minimum atomic E-state index is 0.484. The van der Waals surface area contributed by atoms with Crippen molar-refractivity contribution in [3.63, 3.8) is 0 Å². The van der Waals surface area contributed by atoms with Gasteiger partial charge < -0.3 is 4.74 Å². The van der Waals surface area contributed by atoms with E-state index in [1.54, 1.807) is 0 Å². The molecule has 0 aromatic rings. The fraction of sp³-hybridized carbons (Fsp3) is 0.778. The maximum absolute atomic E-state index is 5.68. The van der Waals surface area contributed by atoms with Crippen molar-refractivity contribution < 1.29 is 4.74 Å². The first-order valence-corrected chi connectivity index (χ1v) is 4.91. The van der Waals surface area contributed by atoms with Gasteiger partial charge in [0.25, 0.3) is 0 Å². The van der Waals surface area contributed by atoms with Crippen LogP contribution in [0.4, 0.5) is 0 Å². The Hall–Kier alpha value is -0.0500. The Bertz CT molecular complexity index is 195. The summed E-state index contributed by atoms with van der Waals surface area (Å²) in [5, 5.41) is 0. The smallest absolute Gasteiger partial charge is 0.0718 e. The fourth-order valence-electron chi connectivity index (χ4n) is 2.00. The molecule has 0 aromatic carbocycles. The Morgan fingerprint density at radius 1 is 1.67 bits per heavy atom. The van der Waals surface area contributed by atoms with Crippen LogP contribution in [-0.4, -0.2) is 42.6 Å². The summed E-state index contributed by atoms with van der Waals surface area (Å²) in [6, 6.07) is 0.634. The van der Waals surface area contributed by atoms with Crippen molar-refractivity contribution in [2.75, 3.05) is 25.6 Å². The second-order valence-corrected chi connectivity index (χ2v) is 3.93. The van der Waals surface area contributed by atoms with Gasteiger partial charge in [0.2, 0.25) is 0 Å². The van der Waals surface area contributed by atoms with Crippen LogP contribution in [0.3, 0.4) is 0 Å². The lowest BCUT2D eigenvalue weighted by atomic mass is 10.2. The van der Waals surface area contributed by atoms with E-state index < -0.39 is 0 Å². The molecule has 0 aliphatic carbocycles. The molecular formula is C9H14ClNO. The average molecular weight is 188 g/mol. The predicted molar refractivity (Wildman–Crippen MR) is 49.6 cm³/mol. The van der Waals surface area contributed by atoms with Gasteiger partial charge in [0.15, 0.2) is 0 Å². The molecule has 2 atom stereocenters. The Morgan fingerprint density at radius 3 is 3.00 bits per heavy atom. The van der Waals surface area contributed by atoms with Gasteiger partial charge in [-0.15, -0.1) is 11.6 Å². The molecule has 2 rings (SSSR count). The van der Waals surface area contributed by atoms with Crippen molar-refractivity contribution in [1.29, 1.82) is 0 Å². The summed E-state index contributed by atoms with van der Waals surface area (Å²) in [5.74, 6) is 0.578. The van der Waals surface area contributed by atoms with Gasteiger partial charge in [-0.1, -0.05) is 6.58 Å². The lowest BCUT2D eigenvalue weighted by molar-refractivity contribution is 0.0346. The van der Waals surface area contributed by atoms with Gasteiger partial charge in [0.05, 0.1) is 12.7 Å². The average Bonchev–Trinajstić information content (AvgIpc) is 2.64. The van der Waals surface area contributed by atoms with Crippen LogP contribution in [0.5, 0.6) is 0 Å². The summed E-state index contributed by atoms with van der Waals surface area (Å²) in [7, 11) is 0. The van der Waals surface area contributed by atoms with Crippen LogP contribution in [0.2, 0.25) is 0 Å². The molecule has 2 bridgehead atoms. The first kappa shape index (κ1) is 8.54. The molecule has 0 spiro atoms. The van der Waals surface area contributed by atoms with Crippen LogP contribution < -0.4 is 0 Å². The van der Waals surface area contributed by atoms with Crippen molar-refractivity contribution in [1.82, 2.24) is 4.90 Å². The summed E-state index contributed by atoms with van der Waals surface area (Å²) < 4.78 is 5.49. The Balaban J connectivity index is 1.86. The topological polar surface area (TPSA) is 12.5 Å². The second kappa shape index (κ2) is 3.36. The highest BCUT2D eigenvalue weighted by molar-refractivity contribution is 6.19. The van der Waals surface area contributed by atoms with Crippen LogP contribution in [0.25, 0.3) is 0 Å². The van der Waals surface area contributed by atoms with E-state index in [0.717, 1.165) is 25.3 Å². The van der Waals surface area contributed by atoms with Crippen LogP contribution in [0.1, 0.15) is 6.42 Å². The second-order valence-electron chi connectivity index (χ2n) is 3.66. The third kappa shape index (κ3) is 1.51. The highest BCUT2D eigenvalue weighted by Crippen LogP contribution is 2.27. The van der Waals surface area contributed by atoms with Crippen molar-refractivity contribution in [3.8, 4) is 0 Å². The number of fused-ring (bicyclic) bond motifs is 2. The van der Waals surface area contributed by atoms with Gasteiger partial charge in [-0.25, -0.2) is 0 Å². The third-order valence-corrected chi connectivity index (χ3v) is 3.01. The van der Waals surface area contributed by atoms with Crippen molar-refractivity contribution in [2.24, 2.45) is 0 Å². The molecule has 12 heavy (non-hydrogen) atoms. The lowest BCUT2D eigenvalue weighted by Gasteiger charge is -2.26. The van der Waals surface area contributed by atoms with Gasteiger partial charge in [0.1, 0.15) is 0 Å². The minimum Gasteiger partial charge on any atom is -0.375 e. The van der Waals surface area contributed by atoms with Crippen LogP contribution in [-0.2, 0) is 4.74 Å². The molecule has 68 valence electrons. The molecule has 3 heteroatoms. The minimum absolute atomic E-state index is 0.484. The number of morpholine rings is 1. The van der Waals surface area contributed by atoms with E-state index in [0.29, 0.717) is 18.0 Å². The molecule has 0 aromatic heterocycles. The number of likely N-dealkylation sites (tertiary alicyclic amines) is 1. The Morgan fingerprint density at radius 2 is 2.50 bits per heavy atom. The van der Waals surface area contributed by atoms with Gasteiger partial charge in [-0.2, -0.15) is 0 Å². The molecule has 2 aliphatic heterocycles. The van der Waals surface area contributed by atoms with Gasteiger partial charge in [-0.3, -0.25) is 4.90 Å². The van der Waals surface area contributed by atoms with E-state index >= 15 is 0 Å². The SMILES string of the molecule is C=C(CCl)CN1CC2CC1CO2. The van der Waals surface area contributed by atoms with E-state index in [9.17, 15) is 0 Å². The van der Waals surface area contributed by atoms with Crippen LogP contribution in [0, 0.1) is 0 Å². The monoisotopic (exact) mass is 187 g/mol. The summed E-state index contributed by atoms with van der Waals surface area (Å²) in [5.41, 5.74) is 1.12. The van der Waals surface area contributed by atoms with Crippen LogP contribution in [0.15, 0.2) is 12.2 Å². The van der Waals surface area contributed by atoms with Crippen molar-refractivity contribution >= 4 is 11.6 Å². The zero-order valence-corrected chi connectivity index (χ0v) is 7.89. The number of hydrogen-bond donors (Lipinski definition) is 0. The first-order valence-electron chi connectivity index (χ1n) is 4.38. The number of alkyl halides is 1. The lowest BCUT2D eigenvalue weighted by Crippen LogP contribution is -2.38. The summed E-state index contributed by atoms with van der Waals surface area (Å²) in [6.45, 7) is 6.83. The van der Waals surface area contributed by atoms with Gasteiger partial charge in [-0.05, 0) is 12.0 Å². The molecule has 2 fully saturated rings. The van der Waals surface area contributed by atoms with E-state index in [1.807, 2.05) is 0 Å². The summed E-state index contributed by atoms with van der Waals surface area (Å²) >= 11 is 5.68.